The molecule has 120 valence electrons. The van der Waals surface area contributed by atoms with Crippen molar-refractivity contribution < 1.29 is 4.74 Å². The summed E-state index contributed by atoms with van der Waals surface area (Å²) in [6, 6.07) is 1.35. The third-order valence-electron chi connectivity index (χ3n) is 6.18. The van der Waals surface area contributed by atoms with E-state index in [1.54, 1.807) is 0 Å². The van der Waals surface area contributed by atoms with Crippen molar-refractivity contribution in [2.45, 2.75) is 36.9 Å². The summed E-state index contributed by atoms with van der Waals surface area (Å²) in [5, 5.41) is 3.70. The summed E-state index contributed by atoms with van der Waals surface area (Å²) in [6.07, 6.45) is 3.78. The van der Waals surface area contributed by atoms with Gasteiger partial charge in [0, 0.05) is 57.2 Å². The van der Waals surface area contributed by atoms with Crippen LogP contribution in [0, 0.1) is 5.92 Å². The summed E-state index contributed by atoms with van der Waals surface area (Å²) in [6.45, 7) is 7.34. The van der Waals surface area contributed by atoms with E-state index in [0.717, 1.165) is 12.5 Å². The zero-order chi connectivity index (χ0) is 14.3. The van der Waals surface area contributed by atoms with Gasteiger partial charge in [0.15, 0.2) is 0 Å². The first-order valence-electron chi connectivity index (χ1n) is 8.65. The van der Waals surface area contributed by atoms with E-state index in [9.17, 15) is 0 Å². The zero-order valence-corrected chi connectivity index (χ0v) is 14.0. The number of ether oxygens (including phenoxy) is 1. The molecule has 5 saturated heterocycles. The number of piperazine rings is 3. The molecule has 4 atom stereocenters. The molecule has 0 aromatic rings. The number of rotatable bonds is 3. The van der Waals surface area contributed by atoms with Gasteiger partial charge in [-0.05, 0) is 38.0 Å². The average Bonchev–Trinajstić information content (AvgIpc) is 2.97. The minimum atomic E-state index is 0.214. The van der Waals surface area contributed by atoms with Crippen LogP contribution in [0.2, 0.25) is 0 Å². The predicted octanol–water partition coefficient (Wildman–Crippen LogP) is 0.877. The highest BCUT2D eigenvalue weighted by Gasteiger charge is 2.46. The Morgan fingerprint density at radius 1 is 1.29 bits per heavy atom. The Balaban J connectivity index is 1.47. The Bertz CT molecular complexity index is 367. The van der Waals surface area contributed by atoms with E-state index >= 15 is 0 Å². The number of likely N-dealkylation sites (N-methyl/N-ethyl adjacent to an activating group) is 1. The van der Waals surface area contributed by atoms with Crippen LogP contribution in [0.1, 0.15) is 19.3 Å². The van der Waals surface area contributed by atoms with E-state index in [2.05, 4.69) is 33.9 Å². The van der Waals surface area contributed by atoms with Gasteiger partial charge in [-0.1, -0.05) is 0 Å². The summed E-state index contributed by atoms with van der Waals surface area (Å²) < 4.78 is 6.23. The molecule has 2 bridgehead atoms. The first-order valence-corrected chi connectivity index (χ1v) is 9.80. The van der Waals surface area contributed by atoms with Gasteiger partial charge >= 0.3 is 0 Å². The van der Waals surface area contributed by atoms with E-state index < -0.39 is 0 Å². The normalized spacial score (nSPS) is 47.9. The molecule has 0 aliphatic carbocycles. The van der Waals surface area contributed by atoms with Crippen molar-refractivity contribution in [1.29, 1.82) is 0 Å². The van der Waals surface area contributed by atoms with Gasteiger partial charge in [0.05, 0.1) is 5.60 Å². The third-order valence-corrected chi connectivity index (χ3v) is 7.40. The van der Waals surface area contributed by atoms with Crippen molar-refractivity contribution in [3.05, 3.63) is 0 Å². The number of hydrogen-bond acceptors (Lipinski definition) is 5. The molecule has 1 N–H and O–H groups in total. The van der Waals surface area contributed by atoms with Gasteiger partial charge in [0.1, 0.15) is 0 Å². The van der Waals surface area contributed by atoms with Gasteiger partial charge in [-0.25, -0.2) is 0 Å². The zero-order valence-electron chi connectivity index (χ0n) is 13.2. The van der Waals surface area contributed by atoms with Crippen LogP contribution in [0.3, 0.4) is 0 Å². The Labute approximate surface area is 132 Å². The van der Waals surface area contributed by atoms with Gasteiger partial charge in [0.2, 0.25) is 0 Å². The maximum absolute atomic E-state index is 6.23. The van der Waals surface area contributed by atoms with E-state index in [1.165, 1.54) is 63.5 Å². The fourth-order valence-corrected chi connectivity index (χ4v) is 6.35. The Hall–Kier alpha value is 0.190. The largest absolute Gasteiger partial charge is 0.374 e. The first-order chi connectivity index (χ1) is 10.3. The van der Waals surface area contributed by atoms with Crippen molar-refractivity contribution in [1.82, 2.24) is 15.1 Å². The van der Waals surface area contributed by atoms with E-state index in [-0.39, 0.29) is 5.60 Å². The Morgan fingerprint density at radius 2 is 2.14 bits per heavy atom. The van der Waals surface area contributed by atoms with Gasteiger partial charge in [-0.3, -0.25) is 9.80 Å². The van der Waals surface area contributed by atoms with Gasteiger partial charge in [-0.15, -0.1) is 0 Å². The summed E-state index contributed by atoms with van der Waals surface area (Å²) in [7, 11) is 2.18. The lowest BCUT2D eigenvalue weighted by atomic mass is 9.78. The maximum atomic E-state index is 6.23. The van der Waals surface area contributed by atoms with Crippen LogP contribution in [-0.2, 0) is 4.74 Å². The first kappa shape index (κ1) is 14.8. The lowest BCUT2D eigenvalue weighted by Gasteiger charge is -2.53. The van der Waals surface area contributed by atoms with Crippen LogP contribution in [0.4, 0.5) is 0 Å². The Morgan fingerprint density at radius 3 is 2.76 bits per heavy atom. The van der Waals surface area contributed by atoms with Crippen LogP contribution in [0.25, 0.3) is 0 Å². The number of nitrogens with one attached hydrogen (secondary N) is 1. The van der Waals surface area contributed by atoms with Crippen LogP contribution in [-0.4, -0.2) is 85.4 Å². The topological polar surface area (TPSA) is 27.7 Å². The number of nitrogens with zero attached hydrogens (tertiary/aromatic N) is 2. The number of thioether (sulfide) groups is 1. The monoisotopic (exact) mass is 311 g/mol. The Kier molecular flexibility index (Phi) is 4.22. The average molecular weight is 311 g/mol. The number of fused-ring (bicyclic) bond motifs is 3. The molecule has 0 radical (unpaired) electrons. The van der Waals surface area contributed by atoms with Gasteiger partial charge in [-0.2, -0.15) is 11.8 Å². The second-order valence-electron chi connectivity index (χ2n) is 7.31. The molecular formula is C16H29N3OS. The predicted molar refractivity (Wildman–Crippen MR) is 88.0 cm³/mol. The van der Waals surface area contributed by atoms with Crippen LogP contribution in [0.5, 0.6) is 0 Å². The highest BCUT2D eigenvalue weighted by molar-refractivity contribution is 7.99. The van der Waals surface area contributed by atoms with Crippen LogP contribution < -0.4 is 5.32 Å². The molecule has 4 nitrogen and oxygen atoms in total. The van der Waals surface area contributed by atoms with Crippen molar-refractivity contribution in [2.24, 2.45) is 5.92 Å². The van der Waals surface area contributed by atoms with Gasteiger partial charge < -0.3 is 10.1 Å². The molecule has 5 heterocycles. The molecule has 21 heavy (non-hydrogen) atoms. The molecule has 5 fully saturated rings. The van der Waals surface area contributed by atoms with Crippen molar-refractivity contribution in [3.8, 4) is 0 Å². The molecule has 5 rings (SSSR count). The maximum Gasteiger partial charge on any atom is 0.0783 e. The second-order valence-corrected chi connectivity index (χ2v) is 8.41. The van der Waals surface area contributed by atoms with E-state index in [1.807, 2.05) is 0 Å². The standard InChI is InChI=1S/C16H29N3OS/c1-17-15(14-11-18-4-6-19(14)7-5-18)13-2-8-20-16(10-13)3-9-21-12-16/h13-15,17H,2-12H2,1H3. The fourth-order valence-electron chi connectivity index (χ4n) is 4.98. The molecule has 1 spiro atoms. The highest BCUT2D eigenvalue weighted by atomic mass is 32.2. The molecule has 0 saturated carbocycles. The van der Waals surface area contributed by atoms with Crippen LogP contribution >= 0.6 is 11.8 Å². The van der Waals surface area contributed by atoms with Crippen molar-refractivity contribution in [2.75, 3.05) is 57.9 Å². The summed E-state index contributed by atoms with van der Waals surface area (Å²) >= 11 is 2.08. The van der Waals surface area contributed by atoms with E-state index in [0.29, 0.717) is 12.1 Å². The molecule has 4 unspecified atom stereocenters. The molecule has 0 amide bonds. The summed E-state index contributed by atoms with van der Waals surface area (Å²) in [4.78, 5) is 5.40. The van der Waals surface area contributed by atoms with Crippen LogP contribution in [0.15, 0.2) is 0 Å². The fraction of sp³-hybridized carbons (Fsp3) is 1.00. The third kappa shape index (κ3) is 2.76. The summed E-state index contributed by atoms with van der Waals surface area (Å²) in [5.41, 5.74) is 0.214. The summed E-state index contributed by atoms with van der Waals surface area (Å²) in [5.74, 6) is 3.30. The molecule has 5 heteroatoms. The quantitative estimate of drug-likeness (QED) is 0.835. The SMILES string of the molecule is CNC(C1CCOC2(CCSC2)C1)C1CN2CCN1CC2. The molecule has 0 aromatic carbocycles. The molecular weight excluding hydrogens is 282 g/mol. The van der Waals surface area contributed by atoms with E-state index in [4.69, 9.17) is 4.74 Å². The van der Waals surface area contributed by atoms with Crippen molar-refractivity contribution >= 4 is 11.8 Å². The van der Waals surface area contributed by atoms with Crippen molar-refractivity contribution in [3.63, 3.8) is 0 Å². The second kappa shape index (κ2) is 6.00. The lowest BCUT2D eigenvalue weighted by Crippen LogP contribution is -2.68. The molecule has 5 aliphatic rings. The smallest absolute Gasteiger partial charge is 0.0783 e. The van der Waals surface area contributed by atoms with Gasteiger partial charge in [0.25, 0.3) is 0 Å². The highest BCUT2D eigenvalue weighted by Crippen LogP contribution is 2.42. The molecule has 5 aliphatic heterocycles. The molecule has 0 aromatic heterocycles. The lowest BCUT2D eigenvalue weighted by molar-refractivity contribution is -0.0966. The minimum Gasteiger partial charge on any atom is -0.374 e. The number of hydrogen-bond donors (Lipinski definition) is 1. The minimum absolute atomic E-state index is 0.214.